The van der Waals surface area contributed by atoms with E-state index in [0.717, 1.165) is 0 Å². The Kier molecular flexibility index (Phi) is 6.22. The van der Waals surface area contributed by atoms with Gasteiger partial charge in [0.2, 0.25) is 0 Å². The molecule has 0 fully saturated rings. The molecule has 70 valence electrons. The molecule has 0 aromatic carbocycles. The van der Waals surface area contributed by atoms with Crippen molar-refractivity contribution in [2.24, 2.45) is 0 Å². The van der Waals surface area contributed by atoms with Crippen LogP contribution in [-0.4, -0.2) is 41.7 Å². The third-order valence-electron chi connectivity index (χ3n) is 1.31. The third kappa shape index (κ3) is 5.82. The molecule has 0 amide bonds. The van der Waals surface area contributed by atoms with Gasteiger partial charge >= 0.3 is 0 Å². The van der Waals surface area contributed by atoms with Crippen molar-refractivity contribution in [1.29, 1.82) is 0 Å². The lowest BCUT2D eigenvalue weighted by atomic mass is 10.2. The van der Waals surface area contributed by atoms with Gasteiger partial charge in [0.25, 0.3) is 0 Å². The van der Waals surface area contributed by atoms with E-state index in [9.17, 15) is 9.90 Å². The van der Waals surface area contributed by atoms with E-state index in [1.165, 1.54) is 0 Å². The summed E-state index contributed by atoms with van der Waals surface area (Å²) in [7, 11) is 0. The Labute approximate surface area is 70.4 Å². The minimum Gasteiger partial charge on any atom is -0.544 e. The van der Waals surface area contributed by atoms with Crippen LogP contribution >= 0.6 is 0 Å². The van der Waals surface area contributed by atoms with Gasteiger partial charge in [0, 0.05) is 0 Å². The van der Waals surface area contributed by atoms with Crippen molar-refractivity contribution in [3.05, 3.63) is 0 Å². The van der Waals surface area contributed by atoms with Gasteiger partial charge < -0.3 is 20.1 Å². The number of nitrogens with one attached hydrogen (secondary N) is 1. The Hall–Kier alpha value is -0.940. The third-order valence-corrected chi connectivity index (χ3v) is 1.31. The van der Waals surface area contributed by atoms with Gasteiger partial charge in [0.15, 0.2) is 12.3 Å². The zero-order chi connectivity index (χ0) is 9.40. The largest absolute Gasteiger partial charge is 0.544 e. The van der Waals surface area contributed by atoms with E-state index in [0.29, 0.717) is 18.6 Å². The van der Waals surface area contributed by atoms with Crippen LogP contribution in [0.2, 0.25) is 0 Å². The Morgan fingerprint density at radius 2 is 1.75 bits per heavy atom. The van der Waals surface area contributed by atoms with Gasteiger partial charge in [-0.25, -0.2) is 4.99 Å². The normalized spacial score (nSPS) is 9.50. The number of carboxylic acids is 1. The highest BCUT2D eigenvalue weighted by molar-refractivity contribution is 5.79. The zero-order valence-corrected chi connectivity index (χ0v) is 6.75. The minimum atomic E-state index is -1.21. The molecule has 0 unspecified atom stereocenters. The molecule has 0 aliphatic heterocycles. The van der Waals surface area contributed by atoms with Gasteiger partial charge in [0.05, 0.1) is 26.1 Å². The number of carbonyl (C=O) groups is 1. The van der Waals surface area contributed by atoms with Gasteiger partial charge in [-0.05, 0) is 0 Å². The monoisotopic (exact) mass is 175 g/mol. The van der Waals surface area contributed by atoms with E-state index >= 15 is 0 Å². The second-order valence-electron chi connectivity index (χ2n) is 2.28. The summed E-state index contributed by atoms with van der Waals surface area (Å²) in [5.74, 6) is -1.21. The average molecular weight is 175 g/mol. The summed E-state index contributed by atoms with van der Waals surface area (Å²) in [5.41, 5.74) is 0.629. The summed E-state index contributed by atoms with van der Waals surface area (Å²) in [5, 5.41) is 27.0. The first kappa shape index (κ1) is 11.1. The van der Waals surface area contributed by atoms with Gasteiger partial charge in [0.1, 0.15) is 5.97 Å². The molecule has 0 radical (unpaired) electrons. The fourth-order valence-corrected chi connectivity index (χ4v) is 0.769. The van der Waals surface area contributed by atoms with Gasteiger partial charge in [-0.1, -0.05) is 0 Å². The van der Waals surface area contributed by atoms with Gasteiger partial charge in [-0.2, -0.15) is 0 Å². The summed E-state index contributed by atoms with van der Waals surface area (Å²) >= 11 is 0. The maximum atomic E-state index is 10.0. The predicted molar refractivity (Wildman–Crippen MR) is 39.2 cm³/mol. The van der Waals surface area contributed by atoms with Crippen LogP contribution in [0.5, 0.6) is 0 Å². The molecule has 0 aliphatic rings. The first-order valence-corrected chi connectivity index (χ1v) is 3.70. The Morgan fingerprint density at radius 3 is 2.08 bits per heavy atom. The number of rotatable bonds is 6. The SMILES string of the molecule is O=C([O-])C[NH+]=C(CCO)CCO. The molecule has 0 aliphatic carbocycles. The molecule has 0 aromatic rings. The number of hydrogen-bond acceptors (Lipinski definition) is 4. The summed E-state index contributed by atoms with van der Waals surface area (Å²) in [6, 6.07) is 0. The minimum absolute atomic E-state index is 0.0601. The molecule has 0 rings (SSSR count). The second kappa shape index (κ2) is 6.75. The number of aliphatic carboxylic acids is 1. The summed E-state index contributed by atoms with van der Waals surface area (Å²) in [6.07, 6.45) is 0.710. The number of carboxylic acid groups (broad SMARTS) is 1. The molecule has 5 nitrogen and oxygen atoms in total. The molecule has 5 heteroatoms. The van der Waals surface area contributed by atoms with Crippen LogP contribution in [0.3, 0.4) is 0 Å². The van der Waals surface area contributed by atoms with Crippen molar-refractivity contribution < 1.29 is 25.1 Å². The van der Waals surface area contributed by atoms with Crippen LogP contribution in [0, 0.1) is 0 Å². The van der Waals surface area contributed by atoms with Crippen LogP contribution in [0.25, 0.3) is 0 Å². The summed E-state index contributed by atoms with van der Waals surface area (Å²) in [4.78, 5) is 12.6. The van der Waals surface area contributed by atoms with Crippen LogP contribution in [0.4, 0.5) is 0 Å². The first-order chi connectivity index (χ1) is 5.70. The quantitative estimate of drug-likeness (QED) is 0.359. The Morgan fingerprint density at radius 1 is 1.25 bits per heavy atom. The standard InChI is InChI=1S/C7H13NO4/c9-3-1-6(2-4-10)8-5-7(11)12/h9-10H,1-5H2,(H,11,12). The first-order valence-electron chi connectivity index (χ1n) is 3.70. The number of hydrogen-bond donors (Lipinski definition) is 3. The summed E-state index contributed by atoms with van der Waals surface area (Å²) < 4.78 is 0. The van der Waals surface area contributed by atoms with Crippen molar-refractivity contribution in [2.45, 2.75) is 12.8 Å². The zero-order valence-electron chi connectivity index (χ0n) is 6.75. The van der Waals surface area contributed by atoms with E-state index in [-0.39, 0.29) is 19.8 Å². The molecule has 0 bridgehead atoms. The molecule has 0 aromatic heterocycles. The number of aliphatic hydroxyl groups excluding tert-OH is 2. The molecule has 0 heterocycles. The summed E-state index contributed by atoms with van der Waals surface area (Å²) in [6.45, 7) is -0.403. The van der Waals surface area contributed by atoms with Crippen LogP contribution in [0.1, 0.15) is 12.8 Å². The maximum Gasteiger partial charge on any atom is 0.180 e. The van der Waals surface area contributed by atoms with E-state index in [2.05, 4.69) is 4.99 Å². The van der Waals surface area contributed by atoms with Crippen molar-refractivity contribution in [1.82, 2.24) is 0 Å². The molecule has 12 heavy (non-hydrogen) atoms. The topological polar surface area (TPSA) is 94.6 Å². The lowest BCUT2D eigenvalue weighted by Gasteiger charge is -1.97. The van der Waals surface area contributed by atoms with Crippen molar-refractivity contribution in [3.63, 3.8) is 0 Å². The van der Waals surface area contributed by atoms with Crippen molar-refractivity contribution in [2.75, 3.05) is 19.8 Å². The highest BCUT2D eigenvalue weighted by Crippen LogP contribution is 1.83. The highest BCUT2D eigenvalue weighted by atomic mass is 16.4. The van der Waals surface area contributed by atoms with Crippen molar-refractivity contribution >= 4 is 11.7 Å². The van der Waals surface area contributed by atoms with Gasteiger partial charge in [-0.3, -0.25) is 0 Å². The molecule has 0 atom stereocenters. The fraction of sp³-hybridized carbons (Fsp3) is 0.714. The Bertz CT molecular complexity index is 159. The lowest BCUT2D eigenvalue weighted by Crippen LogP contribution is -2.76. The average Bonchev–Trinajstić information content (AvgIpc) is 2.01. The van der Waals surface area contributed by atoms with Crippen LogP contribution < -0.4 is 10.1 Å². The van der Waals surface area contributed by atoms with E-state index < -0.39 is 5.97 Å². The van der Waals surface area contributed by atoms with Crippen LogP contribution in [0.15, 0.2) is 0 Å². The predicted octanol–water partition coefficient (Wildman–Crippen LogP) is -3.98. The number of carbonyl (C=O) groups excluding carboxylic acids is 1. The maximum absolute atomic E-state index is 10.0. The fourth-order valence-electron chi connectivity index (χ4n) is 0.769. The van der Waals surface area contributed by atoms with E-state index in [1.807, 2.05) is 0 Å². The number of aliphatic hydroxyl groups is 2. The molecular formula is C7H13NO4. The van der Waals surface area contributed by atoms with E-state index in [4.69, 9.17) is 10.2 Å². The van der Waals surface area contributed by atoms with Crippen LogP contribution in [-0.2, 0) is 4.79 Å². The molecule has 0 saturated carbocycles. The van der Waals surface area contributed by atoms with Gasteiger partial charge in [-0.15, -0.1) is 0 Å². The lowest BCUT2D eigenvalue weighted by molar-refractivity contribution is -0.467. The molecule has 0 saturated heterocycles. The second-order valence-corrected chi connectivity index (χ2v) is 2.28. The smallest absolute Gasteiger partial charge is 0.180 e. The molecule has 3 N–H and O–H groups in total. The van der Waals surface area contributed by atoms with Crippen molar-refractivity contribution in [3.8, 4) is 0 Å². The molecule has 0 spiro atoms. The van der Waals surface area contributed by atoms with E-state index in [1.54, 1.807) is 0 Å². The Balaban J connectivity index is 3.89. The highest BCUT2D eigenvalue weighted by Gasteiger charge is 2.03. The molecular weight excluding hydrogens is 162 g/mol.